The molecule has 1 rings (SSSR count). The van der Waals surface area contributed by atoms with Gasteiger partial charge in [0.2, 0.25) is 0 Å². The predicted octanol–water partition coefficient (Wildman–Crippen LogP) is 2.00. The van der Waals surface area contributed by atoms with E-state index in [1.807, 2.05) is 0 Å². The Morgan fingerprint density at radius 3 is 2.77 bits per heavy atom. The molecule has 1 unspecified atom stereocenters. The van der Waals surface area contributed by atoms with E-state index in [-0.39, 0.29) is 0 Å². The minimum absolute atomic E-state index is 0.632. The van der Waals surface area contributed by atoms with E-state index < -0.39 is 0 Å². The number of likely N-dealkylation sites (tertiary alicyclic amines) is 1. The van der Waals surface area contributed by atoms with Crippen molar-refractivity contribution < 1.29 is 0 Å². The maximum atomic E-state index is 5.32. The average Bonchev–Trinajstić information content (AvgIpc) is 2.47. The van der Waals surface area contributed by atoms with Crippen LogP contribution in [0.25, 0.3) is 0 Å². The number of hydrogen-bond donors (Lipinski definition) is 1. The SMILES string of the molecule is CC(C)CNC(=S)N1CCCC1C. The molecule has 1 aliphatic rings. The van der Waals surface area contributed by atoms with E-state index in [1.54, 1.807) is 0 Å². The predicted molar refractivity (Wildman–Crippen MR) is 60.8 cm³/mol. The van der Waals surface area contributed by atoms with Gasteiger partial charge in [-0.25, -0.2) is 0 Å². The Labute approximate surface area is 86.7 Å². The van der Waals surface area contributed by atoms with Gasteiger partial charge in [0.15, 0.2) is 5.11 Å². The summed E-state index contributed by atoms with van der Waals surface area (Å²) in [6, 6.07) is 0.632. The number of nitrogens with zero attached hydrogens (tertiary/aromatic N) is 1. The fourth-order valence-corrected chi connectivity index (χ4v) is 1.98. The number of thiocarbonyl (C=S) groups is 1. The van der Waals surface area contributed by atoms with Gasteiger partial charge in [-0.05, 0) is 37.9 Å². The molecular weight excluding hydrogens is 180 g/mol. The summed E-state index contributed by atoms with van der Waals surface area (Å²) >= 11 is 5.32. The Morgan fingerprint density at radius 1 is 1.62 bits per heavy atom. The van der Waals surface area contributed by atoms with Crippen LogP contribution < -0.4 is 5.32 Å². The van der Waals surface area contributed by atoms with E-state index in [1.165, 1.54) is 12.8 Å². The summed E-state index contributed by atoms with van der Waals surface area (Å²) in [5, 5.41) is 4.26. The highest BCUT2D eigenvalue weighted by atomic mass is 32.1. The molecule has 76 valence electrons. The molecule has 3 heteroatoms. The van der Waals surface area contributed by atoms with Gasteiger partial charge in [-0.2, -0.15) is 0 Å². The highest BCUT2D eigenvalue weighted by molar-refractivity contribution is 7.80. The maximum absolute atomic E-state index is 5.32. The third-order valence-corrected chi connectivity index (χ3v) is 2.85. The molecule has 1 fully saturated rings. The Morgan fingerprint density at radius 2 is 2.31 bits per heavy atom. The topological polar surface area (TPSA) is 15.3 Å². The van der Waals surface area contributed by atoms with Crippen molar-refractivity contribution in [1.82, 2.24) is 10.2 Å². The lowest BCUT2D eigenvalue weighted by atomic mass is 10.2. The largest absolute Gasteiger partial charge is 0.362 e. The second kappa shape index (κ2) is 4.80. The van der Waals surface area contributed by atoms with Crippen LogP contribution in [0.1, 0.15) is 33.6 Å². The van der Waals surface area contributed by atoms with Crippen LogP contribution in [-0.4, -0.2) is 29.1 Å². The fraction of sp³-hybridized carbons (Fsp3) is 0.900. The molecule has 0 aromatic rings. The van der Waals surface area contributed by atoms with E-state index in [4.69, 9.17) is 12.2 Å². The molecule has 1 aliphatic heterocycles. The van der Waals surface area contributed by atoms with Crippen LogP contribution in [0.5, 0.6) is 0 Å². The van der Waals surface area contributed by atoms with Crippen LogP contribution in [0, 0.1) is 5.92 Å². The summed E-state index contributed by atoms with van der Waals surface area (Å²) < 4.78 is 0. The van der Waals surface area contributed by atoms with Gasteiger partial charge in [-0.15, -0.1) is 0 Å². The second-order valence-corrected chi connectivity index (χ2v) is 4.65. The highest BCUT2D eigenvalue weighted by Crippen LogP contribution is 2.16. The molecule has 1 N–H and O–H groups in total. The summed E-state index contributed by atoms with van der Waals surface area (Å²) in [7, 11) is 0. The molecule has 1 saturated heterocycles. The van der Waals surface area contributed by atoms with Crippen molar-refractivity contribution in [3.05, 3.63) is 0 Å². The van der Waals surface area contributed by atoms with Crippen LogP contribution in [0.2, 0.25) is 0 Å². The minimum Gasteiger partial charge on any atom is -0.362 e. The Balaban J connectivity index is 2.30. The molecule has 1 heterocycles. The highest BCUT2D eigenvalue weighted by Gasteiger charge is 2.21. The van der Waals surface area contributed by atoms with Crippen molar-refractivity contribution in [2.75, 3.05) is 13.1 Å². The third kappa shape index (κ3) is 3.14. The Hall–Kier alpha value is -0.310. The Bertz CT molecular complexity index is 180. The molecule has 2 nitrogen and oxygen atoms in total. The molecule has 0 aromatic carbocycles. The number of nitrogens with one attached hydrogen (secondary N) is 1. The van der Waals surface area contributed by atoms with E-state index >= 15 is 0 Å². The first-order valence-electron chi connectivity index (χ1n) is 5.15. The third-order valence-electron chi connectivity index (χ3n) is 2.48. The molecule has 0 spiro atoms. The molecule has 0 aliphatic carbocycles. The van der Waals surface area contributed by atoms with E-state index in [0.29, 0.717) is 12.0 Å². The normalized spacial score (nSPS) is 22.5. The quantitative estimate of drug-likeness (QED) is 0.686. The number of rotatable bonds is 2. The Kier molecular flexibility index (Phi) is 3.97. The van der Waals surface area contributed by atoms with Crippen LogP contribution >= 0.6 is 12.2 Å². The van der Waals surface area contributed by atoms with Crippen molar-refractivity contribution >= 4 is 17.3 Å². The summed E-state index contributed by atoms with van der Waals surface area (Å²) in [6.07, 6.45) is 2.56. The molecule has 0 radical (unpaired) electrons. The standard InChI is InChI=1S/C10H20N2S/c1-8(2)7-11-10(13)12-6-4-5-9(12)3/h8-9H,4-7H2,1-3H3,(H,11,13). The average molecular weight is 200 g/mol. The van der Waals surface area contributed by atoms with E-state index in [2.05, 4.69) is 31.0 Å². The fourth-order valence-electron chi connectivity index (χ4n) is 1.63. The summed E-state index contributed by atoms with van der Waals surface area (Å²) in [4.78, 5) is 2.30. The molecular formula is C10H20N2S. The first-order chi connectivity index (χ1) is 6.11. The van der Waals surface area contributed by atoms with Crippen molar-refractivity contribution in [3.63, 3.8) is 0 Å². The van der Waals surface area contributed by atoms with E-state index in [9.17, 15) is 0 Å². The van der Waals surface area contributed by atoms with Crippen molar-refractivity contribution in [2.45, 2.75) is 39.7 Å². The van der Waals surface area contributed by atoms with Gasteiger partial charge in [-0.1, -0.05) is 13.8 Å². The van der Waals surface area contributed by atoms with Crippen molar-refractivity contribution in [2.24, 2.45) is 5.92 Å². The van der Waals surface area contributed by atoms with Gasteiger partial charge < -0.3 is 10.2 Å². The minimum atomic E-state index is 0.632. The van der Waals surface area contributed by atoms with E-state index in [0.717, 1.165) is 18.2 Å². The summed E-state index contributed by atoms with van der Waals surface area (Å²) in [5.74, 6) is 0.663. The van der Waals surface area contributed by atoms with Gasteiger partial charge in [0.25, 0.3) is 0 Å². The zero-order valence-electron chi connectivity index (χ0n) is 8.84. The van der Waals surface area contributed by atoms with Gasteiger partial charge in [0.1, 0.15) is 0 Å². The van der Waals surface area contributed by atoms with Crippen LogP contribution in [-0.2, 0) is 0 Å². The van der Waals surface area contributed by atoms with Crippen molar-refractivity contribution in [3.8, 4) is 0 Å². The molecule has 0 saturated carbocycles. The summed E-state index contributed by atoms with van der Waals surface area (Å²) in [5.41, 5.74) is 0. The second-order valence-electron chi connectivity index (χ2n) is 4.26. The zero-order valence-corrected chi connectivity index (χ0v) is 9.66. The lowest BCUT2D eigenvalue weighted by Crippen LogP contribution is -2.42. The lowest BCUT2D eigenvalue weighted by molar-refractivity contribution is 0.404. The molecule has 0 bridgehead atoms. The molecule has 0 aromatic heterocycles. The molecule has 13 heavy (non-hydrogen) atoms. The summed E-state index contributed by atoms with van der Waals surface area (Å²) in [6.45, 7) is 8.76. The lowest BCUT2D eigenvalue weighted by Gasteiger charge is -2.25. The monoisotopic (exact) mass is 200 g/mol. The first-order valence-corrected chi connectivity index (χ1v) is 5.56. The maximum Gasteiger partial charge on any atom is 0.169 e. The molecule has 0 amide bonds. The zero-order chi connectivity index (χ0) is 9.84. The van der Waals surface area contributed by atoms with Gasteiger partial charge in [0, 0.05) is 19.1 Å². The van der Waals surface area contributed by atoms with Crippen LogP contribution in [0.4, 0.5) is 0 Å². The number of hydrogen-bond acceptors (Lipinski definition) is 1. The smallest absolute Gasteiger partial charge is 0.169 e. The first kappa shape index (κ1) is 10.8. The van der Waals surface area contributed by atoms with Crippen LogP contribution in [0.3, 0.4) is 0 Å². The van der Waals surface area contributed by atoms with Gasteiger partial charge in [-0.3, -0.25) is 0 Å². The van der Waals surface area contributed by atoms with Crippen LogP contribution in [0.15, 0.2) is 0 Å². The molecule has 1 atom stereocenters. The van der Waals surface area contributed by atoms with Crippen molar-refractivity contribution in [1.29, 1.82) is 0 Å². The van der Waals surface area contributed by atoms with Gasteiger partial charge in [0.05, 0.1) is 0 Å². The van der Waals surface area contributed by atoms with Gasteiger partial charge >= 0.3 is 0 Å².